The summed E-state index contributed by atoms with van der Waals surface area (Å²) in [4.78, 5) is 21.8. The summed E-state index contributed by atoms with van der Waals surface area (Å²) >= 11 is 1.77. The minimum Gasteiger partial charge on any atom is -0.466 e. The molecular formula is C10H15NO4S. The van der Waals surface area contributed by atoms with Crippen LogP contribution in [-0.2, 0) is 19.1 Å². The van der Waals surface area contributed by atoms with Gasteiger partial charge in [0.05, 0.1) is 7.11 Å². The highest BCUT2D eigenvalue weighted by atomic mass is 32.2. The number of esters is 2. The molecule has 0 aliphatic carbocycles. The van der Waals surface area contributed by atoms with E-state index in [0.29, 0.717) is 6.61 Å². The molecule has 0 unspecified atom stereocenters. The van der Waals surface area contributed by atoms with Gasteiger partial charge in [-0.25, -0.2) is 13.9 Å². The van der Waals surface area contributed by atoms with Gasteiger partial charge in [0, 0.05) is 31.0 Å². The highest BCUT2D eigenvalue weighted by molar-refractivity contribution is 7.97. The molecule has 0 spiro atoms. The fourth-order valence-electron chi connectivity index (χ4n) is 1.18. The molecule has 0 aromatic rings. The van der Waals surface area contributed by atoms with Crippen LogP contribution in [0.1, 0.15) is 6.42 Å². The van der Waals surface area contributed by atoms with Crippen LogP contribution >= 0.6 is 11.9 Å². The van der Waals surface area contributed by atoms with Gasteiger partial charge in [-0.05, 0) is 6.42 Å². The molecule has 1 aliphatic heterocycles. The van der Waals surface area contributed by atoms with Crippen molar-refractivity contribution in [3.05, 3.63) is 12.2 Å². The first kappa shape index (κ1) is 13.1. The molecule has 0 amide bonds. The van der Waals surface area contributed by atoms with Crippen LogP contribution in [0.4, 0.5) is 0 Å². The Kier molecular flexibility index (Phi) is 5.95. The van der Waals surface area contributed by atoms with Crippen LogP contribution in [-0.4, -0.2) is 48.8 Å². The molecule has 1 saturated heterocycles. The summed E-state index contributed by atoms with van der Waals surface area (Å²) in [5, 5.41) is 0. The third kappa shape index (κ3) is 5.18. The van der Waals surface area contributed by atoms with Crippen molar-refractivity contribution >= 4 is 23.9 Å². The number of rotatable bonds is 5. The number of carbonyl (C=O) groups is 2. The van der Waals surface area contributed by atoms with Gasteiger partial charge < -0.3 is 9.47 Å². The number of hydrogen-bond donors (Lipinski definition) is 0. The van der Waals surface area contributed by atoms with E-state index in [-0.39, 0.29) is 0 Å². The summed E-state index contributed by atoms with van der Waals surface area (Å²) in [5.41, 5.74) is 0. The lowest BCUT2D eigenvalue weighted by Gasteiger charge is -2.12. The Morgan fingerprint density at radius 3 is 2.75 bits per heavy atom. The number of hydrogen-bond acceptors (Lipinski definition) is 6. The van der Waals surface area contributed by atoms with E-state index in [1.807, 2.05) is 0 Å². The highest BCUT2D eigenvalue weighted by Crippen LogP contribution is 2.18. The van der Waals surface area contributed by atoms with E-state index in [1.54, 1.807) is 11.9 Å². The summed E-state index contributed by atoms with van der Waals surface area (Å²) in [5.74, 6) is 0.0533. The Bertz CT molecular complexity index is 274. The average Bonchev–Trinajstić information content (AvgIpc) is 2.79. The van der Waals surface area contributed by atoms with Gasteiger partial charge in [-0.3, -0.25) is 0 Å². The van der Waals surface area contributed by atoms with E-state index < -0.39 is 11.9 Å². The SMILES string of the molecule is COC(=O)/C=C/C(=O)OCCN1CCCS1. The minimum absolute atomic E-state index is 0.345. The van der Waals surface area contributed by atoms with Crippen LogP contribution in [0.3, 0.4) is 0 Å². The molecule has 16 heavy (non-hydrogen) atoms. The van der Waals surface area contributed by atoms with Gasteiger partial charge in [-0.1, -0.05) is 11.9 Å². The lowest BCUT2D eigenvalue weighted by atomic mass is 10.5. The molecule has 0 N–H and O–H groups in total. The Labute approximate surface area is 98.9 Å². The Morgan fingerprint density at radius 1 is 1.38 bits per heavy atom. The first-order valence-electron chi connectivity index (χ1n) is 5.03. The zero-order chi connectivity index (χ0) is 11.8. The fourth-order valence-corrected chi connectivity index (χ4v) is 2.15. The molecule has 0 atom stereocenters. The molecule has 5 nitrogen and oxygen atoms in total. The smallest absolute Gasteiger partial charge is 0.331 e. The van der Waals surface area contributed by atoms with Gasteiger partial charge in [0.25, 0.3) is 0 Å². The molecule has 0 radical (unpaired) electrons. The molecule has 0 saturated carbocycles. The minimum atomic E-state index is -0.563. The van der Waals surface area contributed by atoms with E-state index in [4.69, 9.17) is 4.74 Å². The van der Waals surface area contributed by atoms with E-state index in [9.17, 15) is 9.59 Å². The van der Waals surface area contributed by atoms with Crippen LogP contribution < -0.4 is 0 Å². The molecule has 0 bridgehead atoms. The molecule has 1 rings (SSSR count). The lowest BCUT2D eigenvalue weighted by Crippen LogP contribution is -2.19. The zero-order valence-corrected chi connectivity index (χ0v) is 10.00. The fraction of sp³-hybridized carbons (Fsp3) is 0.600. The molecule has 0 aromatic heterocycles. The topological polar surface area (TPSA) is 55.8 Å². The van der Waals surface area contributed by atoms with Gasteiger partial charge in [-0.2, -0.15) is 0 Å². The highest BCUT2D eigenvalue weighted by Gasteiger charge is 2.12. The average molecular weight is 245 g/mol. The molecule has 0 aromatic carbocycles. The maximum absolute atomic E-state index is 11.1. The summed E-state index contributed by atoms with van der Waals surface area (Å²) in [7, 11) is 1.25. The van der Waals surface area contributed by atoms with Crippen LogP contribution in [0, 0.1) is 0 Å². The second kappa shape index (κ2) is 7.29. The van der Waals surface area contributed by atoms with Crippen molar-refractivity contribution in [2.75, 3.05) is 32.6 Å². The van der Waals surface area contributed by atoms with Crippen LogP contribution in [0.2, 0.25) is 0 Å². The third-order valence-electron chi connectivity index (χ3n) is 1.97. The number of ether oxygens (including phenoxy) is 2. The molecule has 90 valence electrons. The normalized spacial score (nSPS) is 16.6. The maximum atomic E-state index is 11.1. The van der Waals surface area contributed by atoms with Gasteiger partial charge in [0.2, 0.25) is 0 Å². The zero-order valence-electron chi connectivity index (χ0n) is 9.18. The van der Waals surface area contributed by atoms with E-state index >= 15 is 0 Å². The second-order valence-electron chi connectivity index (χ2n) is 3.14. The third-order valence-corrected chi connectivity index (χ3v) is 3.17. The van der Waals surface area contributed by atoms with Crippen molar-refractivity contribution in [2.24, 2.45) is 0 Å². The van der Waals surface area contributed by atoms with Crippen LogP contribution in [0.5, 0.6) is 0 Å². The Hall–Kier alpha value is -1.01. The van der Waals surface area contributed by atoms with Crippen LogP contribution in [0.15, 0.2) is 12.2 Å². The van der Waals surface area contributed by atoms with Crippen molar-refractivity contribution in [3.63, 3.8) is 0 Å². The van der Waals surface area contributed by atoms with E-state index in [0.717, 1.165) is 31.0 Å². The van der Waals surface area contributed by atoms with Crippen molar-refractivity contribution in [3.8, 4) is 0 Å². The molecule has 6 heteroatoms. The first-order valence-corrected chi connectivity index (χ1v) is 5.97. The Morgan fingerprint density at radius 2 is 2.12 bits per heavy atom. The van der Waals surface area contributed by atoms with Gasteiger partial charge >= 0.3 is 11.9 Å². The number of methoxy groups -OCH3 is 1. The van der Waals surface area contributed by atoms with E-state index in [1.165, 1.54) is 13.5 Å². The second-order valence-corrected chi connectivity index (χ2v) is 4.32. The maximum Gasteiger partial charge on any atom is 0.331 e. The predicted octanol–water partition coefficient (Wildman–Crippen LogP) is 0.613. The quantitative estimate of drug-likeness (QED) is 0.402. The van der Waals surface area contributed by atoms with Crippen LogP contribution in [0.25, 0.3) is 0 Å². The van der Waals surface area contributed by atoms with Crippen molar-refractivity contribution in [1.29, 1.82) is 0 Å². The lowest BCUT2D eigenvalue weighted by molar-refractivity contribution is -0.139. The monoisotopic (exact) mass is 245 g/mol. The largest absolute Gasteiger partial charge is 0.466 e. The van der Waals surface area contributed by atoms with Gasteiger partial charge in [0.15, 0.2) is 0 Å². The first-order chi connectivity index (χ1) is 7.72. The predicted molar refractivity (Wildman–Crippen MR) is 60.8 cm³/mol. The number of carbonyl (C=O) groups excluding carboxylic acids is 2. The van der Waals surface area contributed by atoms with Crippen molar-refractivity contribution in [2.45, 2.75) is 6.42 Å². The van der Waals surface area contributed by atoms with Crippen molar-refractivity contribution < 1.29 is 19.1 Å². The van der Waals surface area contributed by atoms with E-state index in [2.05, 4.69) is 9.04 Å². The number of nitrogens with zero attached hydrogens (tertiary/aromatic N) is 1. The molecule has 1 fully saturated rings. The van der Waals surface area contributed by atoms with Crippen molar-refractivity contribution in [1.82, 2.24) is 4.31 Å². The standard InChI is InChI=1S/C10H15NO4S/c1-14-9(12)3-4-10(13)15-7-6-11-5-2-8-16-11/h3-4H,2,5-8H2,1H3/b4-3+. The summed E-state index contributed by atoms with van der Waals surface area (Å²) < 4.78 is 11.4. The summed E-state index contributed by atoms with van der Waals surface area (Å²) in [6.07, 6.45) is 3.30. The van der Waals surface area contributed by atoms with Gasteiger partial charge in [0.1, 0.15) is 6.61 Å². The summed E-state index contributed by atoms with van der Waals surface area (Å²) in [6, 6.07) is 0. The summed E-state index contributed by atoms with van der Waals surface area (Å²) in [6.45, 7) is 2.11. The molecular weight excluding hydrogens is 230 g/mol. The Balaban J connectivity index is 2.10. The molecule has 1 heterocycles. The van der Waals surface area contributed by atoms with Gasteiger partial charge in [-0.15, -0.1) is 0 Å². The molecule has 1 aliphatic rings.